The number of nitrogens with zero attached hydrogens (tertiary/aromatic N) is 1. The number of amides is 2. The molecular formula is C19H19FN2O5S. The molecule has 0 bridgehead atoms. The van der Waals surface area contributed by atoms with Gasteiger partial charge >= 0.3 is 0 Å². The molecule has 0 aromatic heterocycles. The molecule has 1 N–H and O–H groups in total. The first-order chi connectivity index (χ1) is 13.2. The number of benzene rings is 2. The second-order valence-corrected chi connectivity index (χ2v) is 8.07. The van der Waals surface area contributed by atoms with Gasteiger partial charge in [0.05, 0.1) is 17.7 Å². The number of carbonyl (C=O) groups is 2. The molecule has 148 valence electrons. The number of nitrogens with one attached hydrogen (secondary N) is 1. The average Bonchev–Trinajstić information content (AvgIpc) is 2.99. The van der Waals surface area contributed by atoms with Crippen molar-refractivity contribution in [3.05, 3.63) is 53.8 Å². The van der Waals surface area contributed by atoms with Crippen LogP contribution in [0.3, 0.4) is 0 Å². The van der Waals surface area contributed by atoms with Crippen LogP contribution in [0, 0.1) is 5.82 Å². The molecule has 0 saturated carbocycles. The van der Waals surface area contributed by atoms with Gasteiger partial charge in [0, 0.05) is 18.9 Å². The summed E-state index contributed by atoms with van der Waals surface area (Å²) < 4.78 is 46.4. The van der Waals surface area contributed by atoms with Gasteiger partial charge in [-0.25, -0.2) is 22.4 Å². The van der Waals surface area contributed by atoms with Gasteiger partial charge in [0.25, 0.3) is 0 Å². The van der Waals surface area contributed by atoms with Crippen LogP contribution in [0.4, 0.5) is 10.1 Å². The Morgan fingerprint density at radius 1 is 1.07 bits per heavy atom. The van der Waals surface area contributed by atoms with Crippen LogP contribution < -0.4 is 14.4 Å². The number of carbonyl (C=O) groups excluding carboxylic acids is 2. The average molecular weight is 406 g/mol. The van der Waals surface area contributed by atoms with E-state index in [1.165, 1.54) is 49.6 Å². The van der Waals surface area contributed by atoms with Crippen LogP contribution in [0.2, 0.25) is 0 Å². The van der Waals surface area contributed by atoms with Gasteiger partial charge in [-0.1, -0.05) is 12.1 Å². The molecule has 1 aliphatic rings. The third kappa shape index (κ3) is 3.90. The fourth-order valence-electron chi connectivity index (χ4n) is 2.98. The number of ether oxygens (including phenoxy) is 1. The SMILES string of the molecule is COc1ccc(S(=O)(=O)NC(C)c2ccc(F)cc2)cc1N1C(=O)CCC1=O. The molecule has 2 aromatic carbocycles. The Kier molecular flexibility index (Phi) is 5.48. The molecule has 1 atom stereocenters. The molecule has 3 rings (SSSR count). The summed E-state index contributed by atoms with van der Waals surface area (Å²) in [6, 6.07) is 8.81. The van der Waals surface area contributed by atoms with Crippen molar-refractivity contribution in [2.24, 2.45) is 0 Å². The van der Waals surface area contributed by atoms with Crippen molar-refractivity contribution in [3.8, 4) is 5.75 Å². The second kappa shape index (κ2) is 7.69. The van der Waals surface area contributed by atoms with E-state index in [-0.39, 0.29) is 29.2 Å². The fourth-order valence-corrected chi connectivity index (χ4v) is 4.23. The topological polar surface area (TPSA) is 92.8 Å². The molecule has 1 heterocycles. The minimum absolute atomic E-state index is 0.0683. The Morgan fingerprint density at radius 2 is 1.68 bits per heavy atom. The highest BCUT2D eigenvalue weighted by atomic mass is 32.2. The van der Waals surface area contributed by atoms with Crippen LogP contribution in [0.5, 0.6) is 5.75 Å². The molecule has 1 aliphatic heterocycles. The van der Waals surface area contributed by atoms with E-state index in [1.807, 2.05) is 0 Å². The zero-order chi connectivity index (χ0) is 20.5. The van der Waals surface area contributed by atoms with Crippen molar-refractivity contribution < 1.29 is 27.1 Å². The van der Waals surface area contributed by atoms with E-state index in [0.29, 0.717) is 5.56 Å². The fraction of sp³-hybridized carbons (Fsp3) is 0.263. The number of rotatable bonds is 6. The van der Waals surface area contributed by atoms with Crippen LogP contribution in [0.15, 0.2) is 47.4 Å². The van der Waals surface area contributed by atoms with Crippen molar-refractivity contribution in [2.75, 3.05) is 12.0 Å². The Labute approximate surface area is 162 Å². The van der Waals surface area contributed by atoms with Gasteiger partial charge in [-0.05, 0) is 42.8 Å². The third-order valence-corrected chi connectivity index (χ3v) is 5.99. The summed E-state index contributed by atoms with van der Waals surface area (Å²) >= 11 is 0. The van der Waals surface area contributed by atoms with Gasteiger partial charge < -0.3 is 4.74 Å². The van der Waals surface area contributed by atoms with Gasteiger partial charge in [0.1, 0.15) is 11.6 Å². The van der Waals surface area contributed by atoms with Crippen molar-refractivity contribution in [1.82, 2.24) is 4.72 Å². The predicted octanol–water partition coefficient (Wildman–Crippen LogP) is 2.53. The third-order valence-electron chi connectivity index (χ3n) is 4.45. The molecule has 0 aliphatic carbocycles. The van der Waals surface area contributed by atoms with Crippen molar-refractivity contribution in [3.63, 3.8) is 0 Å². The first-order valence-corrected chi connectivity index (χ1v) is 10.0. The summed E-state index contributed by atoms with van der Waals surface area (Å²) in [6.45, 7) is 1.63. The first-order valence-electron chi connectivity index (χ1n) is 8.54. The lowest BCUT2D eigenvalue weighted by Gasteiger charge is -2.19. The van der Waals surface area contributed by atoms with Gasteiger partial charge in [-0.3, -0.25) is 9.59 Å². The Bertz CT molecular complexity index is 1010. The highest BCUT2D eigenvalue weighted by Gasteiger charge is 2.33. The minimum Gasteiger partial charge on any atom is -0.495 e. The normalized spacial score (nSPS) is 15.8. The van der Waals surface area contributed by atoms with Crippen LogP contribution in [-0.4, -0.2) is 27.3 Å². The van der Waals surface area contributed by atoms with E-state index in [1.54, 1.807) is 6.92 Å². The lowest BCUT2D eigenvalue weighted by Crippen LogP contribution is -2.30. The van der Waals surface area contributed by atoms with E-state index >= 15 is 0 Å². The summed E-state index contributed by atoms with van der Waals surface area (Å²) in [6.07, 6.45) is 0.137. The quantitative estimate of drug-likeness (QED) is 0.744. The smallest absolute Gasteiger partial charge is 0.241 e. The maximum atomic E-state index is 13.1. The number of hydrogen-bond acceptors (Lipinski definition) is 5. The van der Waals surface area contributed by atoms with E-state index in [2.05, 4.69) is 4.72 Å². The van der Waals surface area contributed by atoms with E-state index < -0.39 is 33.7 Å². The molecule has 0 spiro atoms. The van der Waals surface area contributed by atoms with E-state index in [0.717, 1.165) is 4.90 Å². The van der Waals surface area contributed by atoms with E-state index in [4.69, 9.17) is 4.74 Å². The van der Waals surface area contributed by atoms with Gasteiger partial charge in [-0.15, -0.1) is 0 Å². The molecule has 28 heavy (non-hydrogen) atoms. The van der Waals surface area contributed by atoms with Crippen LogP contribution in [-0.2, 0) is 19.6 Å². The Hall–Kier alpha value is -2.78. The number of anilines is 1. The molecule has 0 radical (unpaired) electrons. The summed E-state index contributed by atoms with van der Waals surface area (Å²) in [7, 11) is -2.61. The Morgan fingerprint density at radius 3 is 2.25 bits per heavy atom. The molecule has 1 fully saturated rings. The number of halogens is 1. The Balaban J connectivity index is 1.93. The molecule has 7 nitrogen and oxygen atoms in total. The summed E-state index contributed by atoms with van der Waals surface area (Å²) in [5.74, 6) is -1.02. The number of imide groups is 1. The van der Waals surface area contributed by atoms with Crippen LogP contribution >= 0.6 is 0 Å². The number of methoxy groups -OCH3 is 1. The van der Waals surface area contributed by atoms with Gasteiger partial charge in [0.15, 0.2) is 0 Å². The van der Waals surface area contributed by atoms with Crippen molar-refractivity contribution in [1.29, 1.82) is 0 Å². The minimum atomic E-state index is -3.98. The molecular weight excluding hydrogens is 387 g/mol. The maximum Gasteiger partial charge on any atom is 0.241 e. The highest BCUT2D eigenvalue weighted by Crippen LogP contribution is 2.34. The summed E-state index contributed by atoms with van der Waals surface area (Å²) in [5, 5.41) is 0. The van der Waals surface area contributed by atoms with Crippen molar-refractivity contribution in [2.45, 2.75) is 30.7 Å². The molecule has 9 heteroatoms. The first kappa shape index (κ1) is 20.0. The standard InChI is InChI=1S/C19H19FN2O5S/c1-12(13-3-5-14(20)6-4-13)21-28(25,26)15-7-8-17(27-2)16(11-15)22-18(23)9-10-19(22)24/h3-8,11-12,21H,9-10H2,1-2H3. The lowest BCUT2D eigenvalue weighted by molar-refractivity contribution is -0.121. The molecule has 2 aromatic rings. The zero-order valence-corrected chi connectivity index (χ0v) is 16.1. The summed E-state index contributed by atoms with van der Waals surface area (Å²) in [5.41, 5.74) is 0.677. The monoisotopic (exact) mass is 406 g/mol. The van der Waals surface area contributed by atoms with Gasteiger partial charge in [-0.2, -0.15) is 0 Å². The highest BCUT2D eigenvalue weighted by molar-refractivity contribution is 7.89. The van der Waals surface area contributed by atoms with Crippen LogP contribution in [0.25, 0.3) is 0 Å². The largest absolute Gasteiger partial charge is 0.495 e. The molecule has 2 amide bonds. The summed E-state index contributed by atoms with van der Waals surface area (Å²) in [4.78, 5) is 24.9. The number of sulfonamides is 1. The maximum absolute atomic E-state index is 13.1. The lowest BCUT2D eigenvalue weighted by atomic mass is 10.1. The van der Waals surface area contributed by atoms with Gasteiger partial charge in [0.2, 0.25) is 21.8 Å². The van der Waals surface area contributed by atoms with Crippen LogP contribution in [0.1, 0.15) is 31.4 Å². The number of hydrogen-bond donors (Lipinski definition) is 1. The van der Waals surface area contributed by atoms with Crippen molar-refractivity contribution >= 4 is 27.5 Å². The molecule has 1 unspecified atom stereocenters. The second-order valence-electron chi connectivity index (χ2n) is 6.35. The molecule has 1 saturated heterocycles. The zero-order valence-electron chi connectivity index (χ0n) is 15.3. The van der Waals surface area contributed by atoms with E-state index in [9.17, 15) is 22.4 Å². The predicted molar refractivity (Wildman–Crippen MR) is 99.9 cm³/mol.